The Balaban J connectivity index is 1.62. The van der Waals surface area contributed by atoms with Gasteiger partial charge in [-0.25, -0.2) is 0 Å². The van der Waals surface area contributed by atoms with Crippen molar-refractivity contribution in [2.45, 2.75) is 51.7 Å². The fraction of sp³-hybridized carbons (Fsp3) is 0.480. The van der Waals surface area contributed by atoms with Crippen LogP contribution in [-0.4, -0.2) is 53.6 Å². The van der Waals surface area contributed by atoms with Gasteiger partial charge in [0.15, 0.2) is 0 Å². The maximum Gasteiger partial charge on any atom is 0.262 e. The highest BCUT2D eigenvalue weighted by atomic mass is 16.5. The largest absolute Gasteiger partial charge is 0.376 e. The summed E-state index contributed by atoms with van der Waals surface area (Å²) < 4.78 is 7.52. The number of ether oxygens (including phenoxy) is 1. The fourth-order valence-electron chi connectivity index (χ4n) is 4.61. The maximum absolute atomic E-state index is 12.8. The van der Waals surface area contributed by atoms with Gasteiger partial charge >= 0.3 is 0 Å². The second kappa shape index (κ2) is 10.0. The second-order valence-corrected chi connectivity index (χ2v) is 8.48. The van der Waals surface area contributed by atoms with Crippen LogP contribution in [0, 0.1) is 11.3 Å². The van der Waals surface area contributed by atoms with Gasteiger partial charge in [-0.1, -0.05) is 25.1 Å². The third-order valence-electron chi connectivity index (χ3n) is 6.34. The van der Waals surface area contributed by atoms with Crippen molar-refractivity contribution in [1.82, 2.24) is 14.8 Å². The Morgan fingerprint density at radius 3 is 2.78 bits per heavy atom. The van der Waals surface area contributed by atoms with Gasteiger partial charge in [-0.2, -0.15) is 5.26 Å². The highest BCUT2D eigenvalue weighted by Crippen LogP contribution is 2.28. The van der Waals surface area contributed by atoms with Crippen LogP contribution in [0.2, 0.25) is 0 Å². The van der Waals surface area contributed by atoms with Crippen LogP contribution >= 0.6 is 0 Å². The minimum atomic E-state index is -0.399. The first-order valence-electron chi connectivity index (χ1n) is 11.5. The van der Waals surface area contributed by atoms with E-state index in [0.29, 0.717) is 6.54 Å². The van der Waals surface area contributed by atoms with Crippen LogP contribution < -0.4 is 5.32 Å². The predicted octanol–water partition coefficient (Wildman–Crippen LogP) is 3.03. The van der Waals surface area contributed by atoms with Crippen molar-refractivity contribution in [3.05, 3.63) is 41.1 Å². The van der Waals surface area contributed by atoms with Gasteiger partial charge < -0.3 is 19.5 Å². The summed E-state index contributed by atoms with van der Waals surface area (Å²) in [7, 11) is 0. The summed E-state index contributed by atoms with van der Waals surface area (Å²) in [6.07, 6.45) is 8.39. The van der Waals surface area contributed by atoms with Gasteiger partial charge in [0.05, 0.1) is 11.6 Å². The molecule has 2 saturated heterocycles. The van der Waals surface area contributed by atoms with Crippen molar-refractivity contribution in [2.75, 3.05) is 26.2 Å². The second-order valence-electron chi connectivity index (χ2n) is 8.48. The van der Waals surface area contributed by atoms with Crippen LogP contribution in [0.5, 0.6) is 0 Å². The number of carbonyl (C=O) groups is 2. The number of carbonyl (C=O) groups excluding carboxylic acids is 2. The Kier molecular flexibility index (Phi) is 6.91. The monoisotopic (exact) mass is 434 g/mol. The topological polar surface area (TPSA) is 87.4 Å². The molecule has 3 heterocycles. The zero-order valence-electron chi connectivity index (χ0n) is 18.6. The minimum Gasteiger partial charge on any atom is -0.376 e. The number of amides is 2. The number of hydrogen-bond acceptors (Lipinski definition) is 4. The molecular weight excluding hydrogens is 404 g/mol. The van der Waals surface area contributed by atoms with Gasteiger partial charge in [0.2, 0.25) is 5.91 Å². The number of rotatable bonds is 7. The molecule has 1 N–H and O–H groups in total. The van der Waals surface area contributed by atoms with E-state index in [0.717, 1.165) is 73.8 Å². The molecule has 0 saturated carbocycles. The minimum absolute atomic E-state index is 0.0181. The average molecular weight is 435 g/mol. The normalized spacial score (nSPS) is 18.8. The number of nitrogens with one attached hydrogen (secondary N) is 1. The first-order valence-corrected chi connectivity index (χ1v) is 11.5. The number of likely N-dealkylation sites (tertiary alicyclic amines) is 1. The van der Waals surface area contributed by atoms with Gasteiger partial charge in [0, 0.05) is 43.4 Å². The van der Waals surface area contributed by atoms with Crippen molar-refractivity contribution in [1.29, 1.82) is 5.26 Å². The van der Waals surface area contributed by atoms with Gasteiger partial charge in [-0.3, -0.25) is 9.59 Å². The molecule has 4 rings (SSSR count). The molecule has 7 nitrogen and oxygen atoms in total. The number of aryl methyl sites for hydroxylation is 1. The average Bonchev–Trinajstić information content (AvgIpc) is 3.57. The molecular formula is C25H30N4O3. The third-order valence-corrected chi connectivity index (χ3v) is 6.34. The summed E-state index contributed by atoms with van der Waals surface area (Å²) in [5.41, 5.74) is 2.95. The molecule has 1 atom stereocenters. The molecule has 168 valence electrons. The summed E-state index contributed by atoms with van der Waals surface area (Å²) in [4.78, 5) is 27.4. The van der Waals surface area contributed by atoms with Gasteiger partial charge in [0.1, 0.15) is 18.2 Å². The third kappa shape index (κ3) is 4.71. The van der Waals surface area contributed by atoms with E-state index >= 15 is 0 Å². The summed E-state index contributed by atoms with van der Waals surface area (Å²) in [5.74, 6) is -0.292. The van der Waals surface area contributed by atoms with Crippen LogP contribution in [0.15, 0.2) is 30.0 Å². The Bertz CT molecular complexity index is 1070. The molecule has 1 aromatic heterocycles. The van der Waals surface area contributed by atoms with Gasteiger partial charge in [0.25, 0.3) is 5.91 Å². The summed E-state index contributed by atoms with van der Waals surface area (Å²) in [5, 5.41) is 13.4. The van der Waals surface area contributed by atoms with Gasteiger partial charge in [-0.15, -0.1) is 0 Å². The van der Waals surface area contributed by atoms with Crippen LogP contribution in [0.3, 0.4) is 0 Å². The summed E-state index contributed by atoms with van der Waals surface area (Å²) in [6.45, 7) is 5.10. The molecule has 2 fully saturated rings. The van der Waals surface area contributed by atoms with E-state index in [4.69, 9.17) is 4.74 Å². The summed E-state index contributed by atoms with van der Waals surface area (Å²) >= 11 is 0. The molecule has 0 unspecified atom stereocenters. The number of fused-ring (bicyclic) bond motifs is 1. The Morgan fingerprint density at radius 2 is 2.09 bits per heavy atom. The van der Waals surface area contributed by atoms with E-state index in [1.54, 1.807) is 6.08 Å². The number of aromatic nitrogens is 1. The molecule has 0 spiro atoms. The van der Waals surface area contributed by atoms with E-state index in [-0.39, 0.29) is 24.1 Å². The smallest absolute Gasteiger partial charge is 0.262 e. The Hall–Kier alpha value is -3.11. The predicted molar refractivity (Wildman–Crippen MR) is 123 cm³/mol. The number of hydrogen-bond donors (Lipinski definition) is 1. The maximum atomic E-state index is 12.8. The summed E-state index contributed by atoms with van der Waals surface area (Å²) in [6, 6.07) is 8.06. The standard InChI is InChI=1S/C25H30N4O3/c1-2-18-7-5-9-22-20(13-19(14-26)25(31)27-15-21-8-6-12-32-21)16-29(24(18)22)17-23(30)28-10-3-4-11-28/h5,7,9,13,16,21H,2-4,6,8,10-12,15,17H2,1H3,(H,27,31)/b19-13+/t21-/m0/s1. The van der Waals surface area contributed by atoms with Crippen LogP contribution in [-0.2, 0) is 27.3 Å². The Labute approximate surface area is 188 Å². The van der Waals surface area contributed by atoms with E-state index < -0.39 is 5.91 Å². The molecule has 2 aromatic rings. The first-order chi connectivity index (χ1) is 15.6. The lowest BCUT2D eigenvalue weighted by Crippen LogP contribution is -2.32. The molecule has 0 aliphatic carbocycles. The quantitative estimate of drug-likeness (QED) is 0.536. The first kappa shape index (κ1) is 22.1. The lowest BCUT2D eigenvalue weighted by atomic mass is 10.1. The van der Waals surface area contributed by atoms with Crippen LogP contribution in [0.1, 0.15) is 43.7 Å². The molecule has 32 heavy (non-hydrogen) atoms. The highest BCUT2D eigenvalue weighted by molar-refractivity contribution is 6.04. The van der Waals surface area contributed by atoms with E-state index in [2.05, 4.69) is 18.3 Å². The molecule has 7 heteroatoms. The number of nitrogens with zero attached hydrogens (tertiary/aromatic N) is 3. The van der Waals surface area contributed by atoms with Crippen molar-refractivity contribution in [2.24, 2.45) is 0 Å². The highest BCUT2D eigenvalue weighted by Gasteiger charge is 2.21. The molecule has 2 aliphatic rings. The van der Waals surface area contributed by atoms with Crippen molar-refractivity contribution >= 4 is 28.8 Å². The lowest BCUT2D eigenvalue weighted by molar-refractivity contribution is -0.130. The number of nitriles is 1. The number of benzene rings is 1. The van der Waals surface area contributed by atoms with E-state index in [1.807, 2.05) is 33.9 Å². The zero-order chi connectivity index (χ0) is 22.5. The molecule has 2 aliphatic heterocycles. The van der Waals surface area contributed by atoms with Crippen molar-refractivity contribution in [3.8, 4) is 6.07 Å². The molecule has 0 bridgehead atoms. The lowest BCUT2D eigenvalue weighted by Gasteiger charge is -2.16. The van der Waals surface area contributed by atoms with Crippen LogP contribution in [0.25, 0.3) is 17.0 Å². The van der Waals surface area contributed by atoms with Crippen molar-refractivity contribution < 1.29 is 14.3 Å². The Morgan fingerprint density at radius 1 is 1.28 bits per heavy atom. The van der Waals surface area contributed by atoms with E-state index in [1.165, 1.54) is 0 Å². The van der Waals surface area contributed by atoms with Crippen molar-refractivity contribution in [3.63, 3.8) is 0 Å². The fourth-order valence-corrected chi connectivity index (χ4v) is 4.61. The van der Waals surface area contributed by atoms with E-state index in [9.17, 15) is 14.9 Å². The molecule has 2 amide bonds. The van der Waals surface area contributed by atoms with Gasteiger partial charge in [-0.05, 0) is 43.7 Å². The molecule has 0 radical (unpaired) electrons. The molecule has 1 aromatic carbocycles. The number of para-hydroxylation sites is 1. The SMILES string of the molecule is CCc1cccc2c(/C=C(\C#N)C(=O)NC[C@@H]3CCCO3)cn(CC(=O)N3CCCC3)c12. The van der Waals surface area contributed by atoms with Crippen LogP contribution in [0.4, 0.5) is 0 Å². The zero-order valence-corrected chi connectivity index (χ0v) is 18.6.